The van der Waals surface area contributed by atoms with Crippen molar-refractivity contribution in [2.45, 2.75) is 38.1 Å². The van der Waals surface area contributed by atoms with Gasteiger partial charge in [0, 0.05) is 11.7 Å². The molecule has 2 unspecified atom stereocenters. The molecule has 1 aliphatic rings. The first-order valence-corrected chi connectivity index (χ1v) is 8.19. The van der Waals surface area contributed by atoms with E-state index >= 15 is 0 Å². The number of thioether (sulfide) groups is 1. The predicted molar refractivity (Wildman–Crippen MR) is 86.4 cm³/mol. The quantitative estimate of drug-likeness (QED) is 0.782. The number of carbonyl (C=O) groups is 2. The average molecular weight is 307 g/mol. The van der Waals surface area contributed by atoms with Crippen molar-refractivity contribution >= 4 is 29.4 Å². The molecule has 114 valence electrons. The van der Waals surface area contributed by atoms with Gasteiger partial charge in [-0.05, 0) is 37.5 Å². The van der Waals surface area contributed by atoms with Crippen molar-refractivity contribution in [2.75, 3.05) is 11.1 Å². The number of carbonyl (C=O) groups excluding carboxylic acids is 2. The third-order valence-electron chi connectivity index (χ3n) is 3.30. The molecule has 3 amide bonds. The fourth-order valence-corrected chi connectivity index (χ4v) is 3.20. The molecule has 1 saturated heterocycles. The molecule has 6 heteroatoms. The molecule has 1 aromatic carbocycles. The molecule has 0 spiro atoms. The minimum absolute atomic E-state index is 0.0121. The lowest BCUT2D eigenvalue weighted by Crippen LogP contribution is -2.52. The molecule has 0 bridgehead atoms. The summed E-state index contributed by atoms with van der Waals surface area (Å²) in [6.45, 7) is 4.06. The number of hydrogen-bond donors (Lipinski definition) is 3. The highest BCUT2D eigenvalue weighted by molar-refractivity contribution is 8.00. The second-order valence-corrected chi connectivity index (χ2v) is 6.34. The van der Waals surface area contributed by atoms with Crippen LogP contribution < -0.4 is 16.0 Å². The number of urea groups is 1. The first kappa shape index (κ1) is 15.7. The SMILES string of the molecule is CCc1ccc(NC(=O)CSC2CC(C)NC(=O)N2)cc1. The molecule has 0 aliphatic carbocycles. The fraction of sp³-hybridized carbons (Fsp3) is 0.467. The summed E-state index contributed by atoms with van der Waals surface area (Å²) in [5, 5.41) is 8.45. The summed E-state index contributed by atoms with van der Waals surface area (Å²) in [6.07, 6.45) is 1.80. The maximum atomic E-state index is 11.9. The highest BCUT2D eigenvalue weighted by Crippen LogP contribution is 2.17. The van der Waals surface area contributed by atoms with Crippen molar-refractivity contribution < 1.29 is 9.59 Å². The summed E-state index contributed by atoms with van der Waals surface area (Å²) in [7, 11) is 0. The fourth-order valence-electron chi connectivity index (χ4n) is 2.16. The zero-order valence-electron chi connectivity index (χ0n) is 12.3. The number of amides is 3. The molecule has 2 atom stereocenters. The Balaban J connectivity index is 1.77. The van der Waals surface area contributed by atoms with E-state index in [9.17, 15) is 9.59 Å². The van der Waals surface area contributed by atoms with Gasteiger partial charge in [0.15, 0.2) is 0 Å². The Morgan fingerprint density at radius 1 is 1.33 bits per heavy atom. The van der Waals surface area contributed by atoms with Gasteiger partial charge in [0.2, 0.25) is 5.91 Å². The highest BCUT2D eigenvalue weighted by atomic mass is 32.2. The molecule has 3 N–H and O–H groups in total. The summed E-state index contributed by atoms with van der Waals surface area (Å²) in [6, 6.07) is 7.82. The van der Waals surface area contributed by atoms with Crippen molar-refractivity contribution in [1.82, 2.24) is 10.6 Å². The van der Waals surface area contributed by atoms with Gasteiger partial charge in [-0.3, -0.25) is 4.79 Å². The van der Waals surface area contributed by atoms with E-state index in [1.807, 2.05) is 31.2 Å². The number of benzene rings is 1. The van der Waals surface area contributed by atoms with E-state index in [1.165, 1.54) is 17.3 Å². The Kier molecular flexibility index (Phi) is 5.50. The topological polar surface area (TPSA) is 70.2 Å². The van der Waals surface area contributed by atoms with E-state index in [4.69, 9.17) is 0 Å². The van der Waals surface area contributed by atoms with Crippen molar-refractivity contribution in [2.24, 2.45) is 0 Å². The van der Waals surface area contributed by atoms with Crippen LogP contribution in [0.4, 0.5) is 10.5 Å². The first-order valence-electron chi connectivity index (χ1n) is 7.14. The van der Waals surface area contributed by atoms with E-state index in [0.29, 0.717) is 5.75 Å². The van der Waals surface area contributed by atoms with Gasteiger partial charge >= 0.3 is 6.03 Å². The average Bonchev–Trinajstić information content (AvgIpc) is 2.45. The molecule has 2 rings (SSSR count). The second-order valence-electron chi connectivity index (χ2n) is 5.15. The van der Waals surface area contributed by atoms with Gasteiger partial charge in [0.1, 0.15) is 0 Å². The lowest BCUT2D eigenvalue weighted by atomic mass is 10.1. The molecule has 1 aromatic rings. The Morgan fingerprint density at radius 3 is 2.67 bits per heavy atom. The summed E-state index contributed by atoms with van der Waals surface area (Å²) in [5.74, 6) is 0.275. The number of rotatable bonds is 5. The van der Waals surface area contributed by atoms with Crippen LogP contribution in [-0.2, 0) is 11.2 Å². The standard InChI is InChI=1S/C15H21N3O2S/c1-3-11-4-6-12(7-5-11)17-13(19)9-21-14-8-10(2)16-15(20)18-14/h4-7,10,14H,3,8-9H2,1-2H3,(H,17,19)(H2,16,18,20). The van der Waals surface area contributed by atoms with Gasteiger partial charge in [-0.25, -0.2) is 4.79 Å². The molecule has 1 fully saturated rings. The molecule has 0 radical (unpaired) electrons. The maximum Gasteiger partial charge on any atom is 0.315 e. The lowest BCUT2D eigenvalue weighted by Gasteiger charge is -2.28. The number of nitrogens with one attached hydrogen (secondary N) is 3. The smallest absolute Gasteiger partial charge is 0.315 e. The number of aryl methyl sites for hydroxylation is 1. The third-order valence-corrected chi connectivity index (χ3v) is 4.44. The Morgan fingerprint density at radius 2 is 2.05 bits per heavy atom. The van der Waals surface area contributed by atoms with Gasteiger partial charge in [-0.15, -0.1) is 11.8 Å². The maximum absolute atomic E-state index is 11.9. The van der Waals surface area contributed by atoms with Crippen LogP contribution in [0.25, 0.3) is 0 Å². The van der Waals surface area contributed by atoms with Gasteiger partial charge in [0.25, 0.3) is 0 Å². The molecule has 1 aliphatic heterocycles. The van der Waals surface area contributed by atoms with Gasteiger partial charge in [-0.2, -0.15) is 0 Å². The lowest BCUT2D eigenvalue weighted by molar-refractivity contribution is -0.113. The van der Waals surface area contributed by atoms with Crippen LogP contribution in [0.1, 0.15) is 25.8 Å². The summed E-state index contributed by atoms with van der Waals surface area (Å²) < 4.78 is 0. The molecular formula is C15H21N3O2S. The third kappa shape index (κ3) is 4.97. The van der Waals surface area contributed by atoms with Gasteiger partial charge in [-0.1, -0.05) is 19.1 Å². The molecule has 5 nitrogen and oxygen atoms in total. The van der Waals surface area contributed by atoms with E-state index in [2.05, 4.69) is 22.9 Å². The molecule has 21 heavy (non-hydrogen) atoms. The normalized spacial score (nSPS) is 21.3. The van der Waals surface area contributed by atoms with E-state index < -0.39 is 0 Å². The molecular weight excluding hydrogens is 286 g/mol. The highest BCUT2D eigenvalue weighted by Gasteiger charge is 2.23. The van der Waals surface area contributed by atoms with Crippen LogP contribution in [-0.4, -0.2) is 29.1 Å². The molecule has 1 heterocycles. The van der Waals surface area contributed by atoms with Crippen LogP contribution in [0.5, 0.6) is 0 Å². The van der Waals surface area contributed by atoms with Crippen LogP contribution in [0.2, 0.25) is 0 Å². The zero-order chi connectivity index (χ0) is 15.2. The zero-order valence-corrected chi connectivity index (χ0v) is 13.1. The van der Waals surface area contributed by atoms with Gasteiger partial charge in [0.05, 0.1) is 11.1 Å². The summed E-state index contributed by atoms with van der Waals surface area (Å²) >= 11 is 1.46. The Hall–Kier alpha value is -1.69. The van der Waals surface area contributed by atoms with Crippen molar-refractivity contribution in [3.8, 4) is 0 Å². The predicted octanol–water partition coefficient (Wildman–Crippen LogP) is 2.34. The number of hydrogen-bond acceptors (Lipinski definition) is 3. The van der Waals surface area contributed by atoms with Crippen LogP contribution in [0.15, 0.2) is 24.3 Å². The van der Waals surface area contributed by atoms with Crippen LogP contribution in [0, 0.1) is 0 Å². The Bertz CT molecular complexity index is 504. The molecule has 0 aromatic heterocycles. The van der Waals surface area contributed by atoms with E-state index in [-0.39, 0.29) is 23.4 Å². The first-order chi connectivity index (χ1) is 10.1. The second kappa shape index (κ2) is 7.36. The minimum atomic E-state index is -0.165. The minimum Gasteiger partial charge on any atom is -0.336 e. The Labute approximate surface area is 129 Å². The van der Waals surface area contributed by atoms with Crippen LogP contribution in [0.3, 0.4) is 0 Å². The van der Waals surface area contributed by atoms with E-state index in [1.54, 1.807) is 0 Å². The van der Waals surface area contributed by atoms with Crippen molar-refractivity contribution in [3.63, 3.8) is 0 Å². The summed E-state index contributed by atoms with van der Waals surface area (Å²) in [4.78, 5) is 23.3. The largest absolute Gasteiger partial charge is 0.336 e. The number of anilines is 1. The summed E-state index contributed by atoms with van der Waals surface area (Å²) in [5.41, 5.74) is 2.05. The van der Waals surface area contributed by atoms with Gasteiger partial charge < -0.3 is 16.0 Å². The van der Waals surface area contributed by atoms with Crippen molar-refractivity contribution in [1.29, 1.82) is 0 Å². The van der Waals surface area contributed by atoms with Crippen molar-refractivity contribution in [3.05, 3.63) is 29.8 Å². The molecule has 0 saturated carbocycles. The monoisotopic (exact) mass is 307 g/mol. The van der Waals surface area contributed by atoms with E-state index in [0.717, 1.165) is 18.5 Å². The van der Waals surface area contributed by atoms with Crippen LogP contribution >= 0.6 is 11.8 Å².